The van der Waals surface area contributed by atoms with E-state index in [-0.39, 0.29) is 17.6 Å². The van der Waals surface area contributed by atoms with Crippen molar-refractivity contribution in [3.8, 4) is 0 Å². The molecule has 2 rings (SSSR count). The van der Waals surface area contributed by atoms with Crippen LogP contribution in [-0.4, -0.2) is 44.6 Å². The molecule has 1 aliphatic heterocycles. The summed E-state index contributed by atoms with van der Waals surface area (Å²) < 4.78 is 1.55. The number of piperidine rings is 1. The second-order valence-electron chi connectivity index (χ2n) is 6.35. The molecule has 0 spiro atoms. The fourth-order valence-electron chi connectivity index (χ4n) is 3.19. The zero-order valence-electron chi connectivity index (χ0n) is 14.0. The van der Waals surface area contributed by atoms with E-state index < -0.39 is 4.92 Å². The molecule has 1 aromatic heterocycles. The summed E-state index contributed by atoms with van der Waals surface area (Å²) in [5, 5.41) is 15.2. The van der Waals surface area contributed by atoms with Gasteiger partial charge < -0.3 is 10.6 Å². The van der Waals surface area contributed by atoms with Gasteiger partial charge in [-0.1, -0.05) is 0 Å². The maximum Gasteiger partial charge on any atom is 0.312 e. The first-order valence-corrected chi connectivity index (χ1v) is 8.03. The monoisotopic (exact) mass is 323 g/mol. The Balaban J connectivity index is 1.97. The van der Waals surface area contributed by atoms with E-state index in [1.54, 1.807) is 18.5 Å². The van der Waals surface area contributed by atoms with E-state index in [9.17, 15) is 14.9 Å². The summed E-state index contributed by atoms with van der Waals surface area (Å²) in [4.78, 5) is 24.8. The van der Waals surface area contributed by atoms with Crippen molar-refractivity contribution in [3.05, 3.63) is 21.5 Å². The van der Waals surface area contributed by atoms with Crippen LogP contribution in [0.15, 0.2) is 0 Å². The standard InChI is InChI=1S/C15H25N5O3/c1-10(16)13-5-4-7-18(9-13)14(21)6-8-19-12(3)15(20(22)23)11(2)17-19/h10,13H,4-9,16H2,1-3H3. The summed E-state index contributed by atoms with van der Waals surface area (Å²) >= 11 is 0. The fraction of sp³-hybridized carbons (Fsp3) is 0.733. The van der Waals surface area contributed by atoms with Gasteiger partial charge in [-0.05, 0) is 39.5 Å². The summed E-state index contributed by atoms with van der Waals surface area (Å²) in [7, 11) is 0. The Morgan fingerprint density at radius 2 is 2.22 bits per heavy atom. The predicted octanol–water partition coefficient (Wildman–Crippen LogP) is 1.38. The van der Waals surface area contributed by atoms with Gasteiger partial charge in [0.05, 0.1) is 11.5 Å². The predicted molar refractivity (Wildman–Crippen MR) is 85.9 cm³/mol. The number of hydrogen-bond donors (Lipinski definition) is 1. The molecule has 8 heteroatoms. The molecule has 1 aliphatic rings. The molecule has 2 heterocycles. The second kappa shape index (κ2) is 7.08. The van der Waals surface area contributed by atoms with Crippen LogP contribution in [0.2, 0.25) is 0 Å². The van der Waals surface area contributed by atoms with Crippen molar-refractivity contribution in [2.75, 3.05) is 13.1 Å². The smallest absolute Gasteiger partial charge is 0.312 e. The molecule has 8 nitrogen and oxygen atoms in total. The average molecular weight is 323 g/mol. The highest BCUT2D eigenvalue weighted by Crippen LogP contribution is 2.23. The van der Waals surface area contributed by atoms with E-state index in [2.05, 4.69) is 5.10 Å². The SMILES string of the molecule is Cc1nn(CCC(=O)N2CCCC(C(C)N)C2)c(C)c1[N+](=O)[O-]. The van der Waals surface area contributed by atoms with Gasteiger partial charge in [-0.25, -0.2) is 0 Å². The first-order valence-electron chi connectivity index (χ1n) is 8.03. The maximum atomic E-state index is 12.4. The van der Waals surface area contributed by atoms with Crippen LogP contribution in [0, 0.1) is 29.9 Å². The van der Waals surface area contributed by atoms with Crippen LogP contribution in [0.4, 0.5) is 5.69 Å². The molecule has 0 aliphatic carbocycles. The lowest BCUT2D eigenvalue weighted by Crippen LogP contribution is -2.45. The molecule has 1 saturated heterocycles. The normalized spacial score (nSPS) is 19.7. The Hall–Kier alpha value is -1.96. The summed E-state index contributed by atoms with van der Waals surface area (Å²) in [6, 6.07) is 0.0873. The van der Waals surface area contributed by atoms with Crippen LogP contribution in [0.3, 0.4) is 0 Å². The number of rotatable bonds is 5. The lowest BCUT2D eigenvalue weighted by molar-refractivity contribution is -0.386. The van der Waals surface area contributed by atoms with Crippen LogP contribution in [0.25, 0.3) is 0 Å². The minimum absolute atomic E-state index is 0.0347. The maximum absolute atomic E-state index is 12.4. The van der Waals surface area contributed by atoms with Crippen molar-refractivity contribution in [2.45, 2.75) is 52.6 Å². The van der Waals surface area contributed by atoms with E-state index in [1.807, 2.05) is 11.8 Å². The van der Waals surface area contributed by atoms with Gasteiger partial charge in [0.1, 0.15) is 11.4 Å². The number of carbonyl (C=O) groups excluding carboxylic acids is 1. The van der Waals surface area contributed by atoms with Crippen molar-refractivity contribution in [1.29, 1.82) is 0 Å². The van der Waals surface area contributed by atoms with E-state index in [4.69, 9.17) is 5.73 Å². The molecular weight excluding hydrogens is 298 g/mol. The molecule has 0 radical (unpaired) electrons. The molecule has 2 N–H and O–H groups in total. The molecule has 2 unspecified atom stereocenters. The quantitative estimate of drug-likeness (QED) is 0.650. The summed E-state index contributed by atoms with van der Waals surface area (Å²) in [5.74, 6) is 0.410. The fourth-order valence-corrected chi connectivity index (χ4v) is 3.19. The first-order chi connectivity index (χ1) is 10.8. The third-order valence-corrected chi connectivity index (χ3v) is 4.62. The van der Waals surface area contributed by atoms with Crippen molar-refractivity contribution in [2.24, 2.45) is 11.7 Å². The molecular formula is C15H25N5O3. The van der Waals surface area contributed by atoms with Gasteiger partial charge in [-0.2, -0.15) is 5.10 Å². The van der Waals surface area contributed by atoms with Gasteiger partial charge in [0.25, 0.3) is 0 Å². The van der Waals surface area contributed by atoms with Crippen LogP contribution in [0.5, 0.6) is 0 Å². The number of aryl methyl sites for hydroxylation is 2. The Bertz CT molecular complexity index is 596. The number of amides is 1. The lowest BCUT2D eigenvalue weighted by atomic mass is 9.92. The van der Waals surface area contributed by atoms with Crippen molar-refractivity contribution in [1.82, 2.24) is 14.7 Å². The molecule has 1 amide bonds. The number of nitro groups is 1. The minimum atomic E-state index is -0.423. The van der Waals surface area contributed by atoms with Gasteiger partial charge in [0.2, 0.25) is 5.91 Å². The first kappa shape index (κ1) is 17.4. The highest BCUT2D eigenvalue weighted by atomic mass is 16.6. The molecule has 23 heavy (non-hydrogen) atoms. The largest absolute Gasteiger partial charge is 0.342 e. The van der Waals surface area contributed by atoms with Gasteiger partial charge in [-0.3, -0.25) is 19.6 Å². The highest BCUT2D eigenvalue weighted by Gasteiger charge is 2.26. The van der Waals surface area contributed by atoms with E-state index in [1.165, 1.54) is 0 Å². The minimum Gasteiger partial charge on any atom is -0.342 e. The molecule has 2 atom stereocenters. The van der Waals surface area contributed by atoms with Crippen molar-refractivity contribution in [3.63, 3.8) is 0 Å². The zero-order valence-corrected chi connectivity index (χ0v) is 14.0. The van der Waals surface area contributed by atoms with Crippen LogP contribution in [0.1, 0.15) is 37.6 Å². The molecule has 0 saturated carbocycles. The number of nitrogens with zero attached hydrogens (tertiary/aromatic N) is 4. The molecule has 0 aromatic carbocycles. The third kappa shape index (κ3) is 3.87. The third-order valence-electron chi connectivity index (χ3n) is 4.62. The summed E-state index contributed by atoms with van der Waals surface area (Å²) in [6.45, 7) is 7.08. The number of aromatic nitrogens is 2. The Morgan fingerprint density at radius 3 is 2.78 bits per heavy atom. The van der Waals surface area contributed by atoms with Gasteiger partial charge in [-0.15, -0.1) is 0 Å². The molecule has 1 fully saturated rings. The number of nitrogens with two attached hydrogens (primary N) is 1. The van der Waals surface area contributed by atoms with Crippen molar-refractivity contribution >= 4 is 11.6 Å². The Kier molecular flexibility index (Phi) is 5.35. The van der Waals surface area contributed by atoms with Crippen LogP contribution < -0.4 is 5.73 Å². The molecule has 1 aromatic rings. The summed E-state index contributed by atoms with van der Waals surface area (Å²) in [6.07, 6.45) is 2.33. The van der Waals surface area contributed by atoms with Crippen LogP contribution in [-0.2, 0) is 11.3 Å². The highest BCUT2D eigenvalue weighted by molar-refractivity contribution is 5.76. The number of hydrogen-bond acceptors (Lipinski definition) is 5. The van der Waals surface area contributed by atoms with E-state index in [0.29, 0.717) is 36.8 Å². The lowest BCUT2D eigenvalue weighted by Gasteiger charge is -2.34. The molecule has 0 bridgehead atoms. The number of carbonyl (C=O) groups is 1. The Morgan fingerprint density at radius 1 is 1.52 bits per heavy atom. The van der Waals surface area contributed by atoms with E-state index >= 15 is 0 Å². The molecule has 128 valence electrons. The topological polar surface area (TPSA) is 107 Å². The Labute approximate surface area is 135 Å². The van der Waals surface area contributed by atoms with Gasteiger partial charge in [0.15, 0.2) is 0 Å². The second-order valence-corrected chi connectivity index (χ2v) is 6.35. The average Bonchev–Trinajstić information content (AvgIpc) is 2.79. The van der Waals surface area contributed by atoms with Crippen molar-refractivity contribution < 1.29 is 9.72 Å². The summed E-state index contributed by atoms with van der Waals surface area (Å²) in [5.41, 5.74) is 6.86. The zero-order chi connectivity index (χ0) is 17.1. The van der Waals surface area contributed by atoms with Gasteiger partial charge >= 0.3 is 5.69 Å². The van der Waals surface area contributed by atoms with Crippen LogP contribution >= 0.6 is 0 Å². The van der Waals surface area contributed by atoms with Gasteiger partial charge in [0, 0.05) is 25.6 Å². The number of likely N-dealkylation sites (tertiary alicyclic amines) is 1. The van der Waals surface area contributed by atoms with E-state index in [0.717, 1.165) is 19.4 Å².